The maximum absolute atomic E-state index is 10.8. The van der Waals surface area contributed by atoms with E-state index in [4.69, 9.17) is 15.4 Å². The van der Waals surface area contributed by atoms with Gasteiger partial charge in [-0.25, -0.2) is 8.42 Å². The van der Waals surface area contributed by atoms with Gasteiger partial charge >= 0.3 is 0 Å². The molecule has 0 aliphatic rings. The molecule has 1 aromatic carbocycles. The van der Waals surface area contributed by atoms with Crippen LogP contribution < -0.4 is 4.74 Å². The van der Waals surface area contributed by atoms with Gasteiger partial charge in [-0.1, -0.05) is 19.1 Å². The molecule has 0 aromatic heterocycles. The van der Waals surface area contributed by atoms with Crippen molar-refractivity contribution in [1.82, 2.24) is 0 Å². The Bertz CT molecular complexity index is 471. The maximum atomic E-state index is 10.8. The largest absolute Gasteiger partial charge is 0.494 e. The molecule has 18 heavy (non-hydrogen) atoms. The first-order valence-corrected chi connectivity index (χ1v) is 8.46. The van der Waals surface area contributed by atoms with Crippen molar-refractivity contribution >= 4 is 19.7 Å². The van der Waals surface area contributed by atoms with Crippen LogP contribution in [0.5, 0.6) is 5.75 Å². The molecular formula is C13H19ClO3S. The van der Waals surface area contributed by atoms with Crippen LogP contribution in [0.25, 0.3) is 0 Å². The van der Waals surface area contributed by atoms with E-state index in [-0.39, 0.29) is 11.7 Å². The van der Waals surface area contributed by atoms with Crippen LogP contribution in [0.3, 0.4) is 0 Å². The summed E-state index contributed by atoms with van der Waals surface area (Å²) < 4.78 is 27.2. The average Bonchev–Trinajstić information content (AvgIpc) is 2.25. The summed E-state index contributed by atoms with van der Waals surface area (Å²) in [5.41, 5.74) is 1.16. The van der Waals surface area contributed by atoms with Gasteiger partial charge in [0.15, 0.2) is 0 Å². The lowest BCUT2D eigenvalue weighted by molar-refractivity contribution is 0.282. The van der Waals surface area contributed by atoms with Crippen molar-refractivity contribution in [1.29, 1.82) is 0 Å². The van der Waals surface area contributed by atoms with Crippen LogP contribution in [0.15, 0.2) is 24.3 Å². The summed E-state index contributed by atoms with van der Waals surface area (Å²) in [6.07, 6.45) is 1.39. The lowest BCUT2D eigenvalue weighted by atomic mass is 10.1. The quantitative estimate of drug-likeness (QED) is 0.723. The molecule has 0 aliphatic carbocycles. The van der Waals surface area contributed by atoms with Gasteiger partial charge < -0.3 is 4.74 Å². The smallest absolute Gasteiger partial charge is 0.232 e. The van der Waals surface area contributed by atoms with Crippen LogP contribution in [0.4, 0.5) is 0 Å². The molecule has 0 spiro atoms. The molecule has 0 N–H and O–H groups in total. The second-order valence-electron chi connectivity index (χ2n) is 4.59. The zero-order chi connectivity index (χ0) is 13.6. The molecule has 5 heteroatoms. The molecular weight excluding hydrogens is 272 g/mol. The number of aryl methyl sites for hydroxylation is 1. The fourth-order valence-electron chi connectivity index (χ4n) is 1.57. The van der Waals surface area contributed by atoms with Crippen LogP contribution in [0.1, 0.15) is 25.3 Å². The van der Waals surface area contributed by atoms with E-state index in [1.165, 1.54) is 0 Å². The molecule has 102 valence electrons. The van der Waals surface area contributed by atoms with Crippen molar-refractivity contribution < 1.29 is 13.2 Å². The second kappa shape index (κ2) is 7.00. The minimum Gasteiger partial charge on any atom is -0.494 e. The fourth-order valence-corrected chi connectivity index (χ4v) is 2.52. The minimum atomic E-state index is -3.37. The predicted octanol–water partition coefficient (Wildman–Crippen LogP) is 3.36. The maximum Gasteiger partial charge on any atom is 0.232 e. The molecule has 1 rings (SSSR count). The van der Waals surface area contributed by atoms with Gasteiger partial charge in [-0.2, -0.15) is 0 Å². The first-order valence-electron chi connectivity index (χ1n) is 5.98. The van der Waals surface area contributed by atoms with Gasteiger partial charge in [-0.15, -0.1) is 0 Å². The molecule has 0 aliphatic heterocycles. The second-order valence-corrected chi connectivity index (χ2v) is 7.49. The summed E-state index contributed by atoms with van der Waals surface area (Å²) >= 11 is 0. The van der Waals surface area contributed by atoms with Crippen molar-refractivity contribution in [3.63, 3.8) is 0 Å². The summed E-state index contributed by atoms with van der Waals surface area (Å²) in [5.74, 6) is 1.16. The number of benzene rings is 1. The highest BCUT2D eigenvalue weighted by Gasteiger charge is 2.09. The van der Waals surface area contributed by atoms with E-state index in [9.17, 15) is 8.42 Å². The highest BCUT2D eigenvalue weighted by Crippen LogP contribution is 2.15. The molecule has 3 nitrogen and oxygen atoms in total. The van der Waals surface area contributed by atoms with Gasteiger partial charge in [0.1, 0.15) is 5.75 Å². The number of ether oxygens (including phenoxy) is 1. The number of hydrogen-bond acceptors (Lipinski definition) is 3. The standard InChI is InChI=1S/C13H19ClO3S/c1-11(7-9-18(14,15)16)6-8-17-13-5-3-4-12(2)10-13/h3-5,10-11H,6-9H2,1-2H3. The zero-order valence-corrected chi connectivity index (χ0v) is 12.3. The Labute approximate surface area is 114 Å². The summed E-state index contributed by atoms with van der Waals surface area (Å²) in [7, 11) is 1.79. The third kappa shape index (κ3) is 6.87. The average molecular weight is 291 g/mol. The van der Waals surface area contributed by atoms with E-state index >= 15 is 0 Å². The van der Waals surface area contributed by atoms with Crippen LogP contribution >= 0.6 is 10.7 Å². The van der Waals surface area contributed by atoms with Gasteiger partial charge in [0.2, 0.25) is 9.05 Å². The minimum absolute atomic E-state index is 0.0279. The van der Waals surface area contributed by atoms with Crippen LogP contribution in [0.2, 0.25) is 0 Å². The molecule has 1 atom stereocenters. The first-order chi connectivity index (χ1) is 8.37. The molecule has 0 bridgehead atoms. The van der Waals surface area contributed by atoms with E-state index < -0.39 is 9.05 Å². The van der Waals surface area contributed by atoms with E-state index in [1.807, 2.05) is 38.1 Å². The molecule has 0 radical (unpaired) electrons. The van der Waals surface area contributed by atoms with Gasteiger partial charge in [0.25, 0.3) is 0 Å². The number of rotatable bonds is 7. The van der Waals surface area contributed by atoms with E-state index in [0.717, 1.165) is 17.7 Å². The van der Waals surface area contributed by atoms with Crippen molar-refractivity contribution in [3.8, 4) is 5.75 Å². The Morgan fingerprint density at radius 3 is 2.67 bits per heavy atom. The lowest BCUT2D eigenvalue weighted by Crippen LogP contribution is -2.08. The Morgan fingerprint density at radius 2 is 2.06 bits per heavy atom. The van der Waals surface area contributed by atoms with Crippen molar-refractivity contribution in [2.24, 2.45) is 5.92 Å². The summed E-state index contributed by atoms with van der Waals surface area (Å²) in [6, 6.07) is 7.86. The molecule has 0 amide bonds. The van der Waals surface area contributed by atoms with E-state index in [0.29, 0.717) is 13.0 Å². The van der Waals surface area contributed by atoms with Crippen LogP contribution in [0, 0.1) is 12.8 Å². The Balaban J connectivity index is 2.25. The number of hydrogen-bond donors (Lipinski definition) is 0. The molecule has 1 unspecified atom stereocenters. The van der Waals surface area contributed by atoms with Crippen molar-refractivity contribution in [3.05, 3.63) is 29.8 Å². The fraction of sp³-hybridized carbons (Fsp3) is 0.538. The summed E-state index contributed by atoms with van der Waals surface area (Å²) in [4.78, 5) is 0. The highest BCUT2D eigenvalue weighted by molar-refractivity contribution is 8.13. The van der Waals surface area contributed by atoms with Crippen LogP contribution in [-0.4, -0.2) is 20.8 Å². The third-order valence-electron chi connectivity index (χ3n) is 2.72. The number of halogens is 1. The van der Waals surface area contributed by atoms with Crippen LogP contribution in [-0.2, 0) is 9.05 Å². The van der Waals surface area contributed by atoms with Gasteiger partial charge in [-0.05, 0) is 43.4 Å². The molecule has 0 heterocycles. The zero-order valence-electron chi connectivity index (χ0n) is 10.7. The first kappa shape index (κ1) is 15.3. The van der Waals surface area contributed by atoms with E-state index in [1.54, 1.807) is 0 Å². The van der Waals surface area contributed by atoms with Gasteiger partial charge in [-0.3, -0.25) is 0 Å². The normalized spacial score (nSPS) is 13.3. The Kier molecular flexibility index (Phi) is 5.96. The van der Waals surface area contributed by atoms with Gasteiger partial charge in [0.05, 0.1) is 12.4 Å². The SMILES string of the molecule is Cc1cccc(OCCC(C)CCS(=O)(=O)Cl)c1. The molecule has 0 saturated heterocycles. The summed E-state index contributed by atoms with van der Waals surface area (Å²) in [5, 5.41) is 0. The Morgan fingerprint density at radius 1 is 1.33 bits per heavy atom. The Hall–Kier alpha value is -0.740. The lowest BCUT2D eigenvalue weighted by Gasteiger charge is -2.11. The molecule has 0 fully saturated rings. The van der Waals surface area contributed by atoms with Crippen molar-refractivity contribution in [2.75, 3.05) is 12.4 Å². The van der Waals surface area contributed by atoms with Crippen molar-refractivity contribution in [2.45, 2.75) is 26.7 Å². The predicted molar refractivity (Wildman–Crippen MR) is 74.7 cm³/mol. The van der Waals surface area contributed by atoms with E-state index in [2.05, 4.69) is 0 Å². The molecule has 0 saturated carbocycles. The topological polar surface area (TPSA) is 43.4 Å². The molecule has 1 aromatic rings. The summed E-state index contributed by atoms with van der Waals surface area (Å²) in [6.45, 7) is 4.61. The highest BCUT2D eigenvalue weighted by atomic mass is 35.7. The monoisotopic (exact) mass is 290 g/mol. The third-order valence-corrected chi connectivity index (χ3v) is 3.91. The van der Waals surface area contributed by atoms with Gasteiger partial charge in [0, 0.05) is 10.7 Å².